The van der Waals surface area contributed by atoms with Gasteiger partial charge in [0.05, 0.1) is 0 Å². The lowest BCUT2D eigenvalue weighted by Crippen LogP contribution is -2.15. The third kappa shape index (κ3) is 1.83. The molecule has 0 unspecified atom stereocenters. The van der Waals surface area contributed by atoms with Crippen molar-refractivity contribution in [3.63, 3.8) is 0 Å². The topological polar surface area (TPSA) is 41.9 Å². The number of rotatable bonds is 2. The van der Waals surface area contributed by atoms with Gasteiger partial charge in [0.1, 0.15) is 11.5 Å². The zero-order chi connectivity index (χ0) is 12.5. The second kappa shape index (κ2) is 4.37. The normalized spacial score (nSPS) is 13.4. The van der Waals surface area contributed by atoms with Crippen LogP contribution in [0, 0.1) is 0 Å². The van der Waals surface area contributed by atoms with Gasteiger partial charge in [-0.2, -0.15) is 0 Å². The highest BCUT2D eigenvalue weighted by Gasteiger charge is 2.21. The van der Waals surface area contributed by atoms with Crippen molar-refractivity contribution in [2.75, 3.05) is 19.0 Å². The molecular weight excluding hydrogens is 224 g/mol. The molecule has 1 aliphatic rings. The lowest BCUT2D eigenvalue weighted by atomic mass is 10.2. The average molecular weight is 240 g/mol. The van der Waals surface area contributed by atoms with E-state index in [-0.39, 0.29) is 0 Å². The fourth-order valence-corrected chi connectivity index (χ4v) is 2.39. The van der Waals surface area contributed by atoms with Gasteiger partial charge in [0.2, 0.25) is 0 Å². The minimum Gasteiger partial charge on any atom is -0.362 e. The Morgan fingerprint density at radius 2 is 2.00 bits per heavy atom. The number of anilines is 1. The van der Waals surface area contributed by atoms with Gasteiger partial charge in [-0.1, -0.05) is 6.07 Å². The van der Waals surface area contributed by atoms with Crippen LogP contribution in [-0.2, 0) is 12.8 Å². The first-order valence-electron chi connectivity index (χ1n) is 6.24. The molecule has 2 aromatic heterocycles. The van der Waals surface area contributed by atoms with Gasteiger partial charge >= 0.3 is 0 Å². The van der Waals surface area contributed by atoms with Crippen LogP contribution in [0.25, 0.3) is 11.5 Å². The lowest BCUT2D eigenvalue weighted by Gasteiger charge is -2.16. The molecule has 0 N–H and O–H groups in total. The van der Waals surface area contributed by atoms with Crippen LogP contribution in [0.5, 0.6) is 0 Å². The molecule has 3 rings (SSSR count). The molecule has 0 saturated carbocycles. The van der Waals surface area contributed by atoms with Crippen molar-refractivity contribution >= 4 is 5.82 Å². The molecule has 0 bridgehead atoms. The number of fused-ring (bicyclic) bond motifs is 1. The Morgan fingerprint density at radius 1 is 1.11 bits per heavy atom. The average Bonchev–Trinajstić information content (AvgIpc) is 2.86. The molecule has 0 aromatic carbocycles. The van der Waals surface area contributed by atoms with E-state index in [1.165, 1.54) is 17.7 Å². The third-order valence-electron chi connectivity index (χ3n) is 3.23. The SMILES string of the molecule is CN(C)c1nc(-c2ccccn2)nc2c1CCC2. The summed E-state index contributed by atoms with van der Waals surface area (Å²) in [6, 6.07) is 5.83. The minimum absolute atomic E-state index is 0.736. The molecule has 0 spiro atoms. The minimum atomic E-state index is 0.736. The monoisotopic (exact) mass is 240 g/mol. The summed E-state index contributed by atoms with van der Waals surface area (Å²) in [5.74, 6) is 1.78. The molecule has 0 saturated heterocycles. The van der Waals surface area contributed by atoms with Crippen molar-refractivity contribution in [2.24, 2.45) is 0 Å². The summed E-state index contributed by atoms with van der Waals surface area (Å²) in [5.41, 5.74) is 3.34. The van der Waals surface area contributed by atoms with Gasteiger partial charge in [-0.3, -0.25) is 4.98 Å². The van der Waals surface area contributed by atoms with Crippen molar-refractivity contribution in [2.45, 2.75) is 19.3 Å². The summed E-state index contributed by atoms with van der Waals surface area (Å²) in [7, 11) is 4.06. The second-order valence-corrected chi connectivity index (χ2v) is 4.76. The highest BCUT2D eigenvalue weighted by atomic mass is 15.2. The third-order valence-corrected chi connectivity index (χ3v) is 3.23. The first-order valence-corrected chi connectivity index (χ1v) is 6.24. The first kappa shape index (κ1) is 11.1. The number of aryl methyl sites for hydroxylation is 1. The molecule has 0 amide bonds. The molecule has 0 radical (unpaired) electrons. The van der Waals surface area contributed by atoms with E-state index in [2.05, 4.69) is 19.9 Å². The second-order valence-electron chi connectivity index (χ2n) is 4.76. The largest absolute Gasteiger partial charge is 0.362 e. The fourth-order valence-electron chi connectivity index (χ4n) is 2.39. The quantitative estimate of drug-likeness (QED) is 0.806. The Kier molecular flexibility index (Phi) is 2.70. The van der Waals surface area contributed by atoms with Gasteiger partial charge in [0.25, 0.3) is 0 Å². The van der Waals surface area contributed by atoms with Crippen molar-refractivity contribution in [3.8, 4) is 11.5 Å². The summed E-state index contributed by atoms with van der Waals surface area (Å²) in [6.45, 7) is 0. The van der Waals surface area contributed by atoms with Crippen LogP contribution in [0.2, 0.25) is 0 Å². The Morgan fingerprint density at radius 3 is 2.72 bits per heavy atom. The molecule has 92 valence electrons. The first-order chi connectivity index (χ1) is 8.75. The Labute approximate surface area is 107 Å². The zero-order valence-corrected chi connectivity index (χ0v) is 10.7. The van der Waals surface area contributed by atoms with E-state index in [1.54, 1.807) is 6.20 Å². The van der Waals surface area contributed by atoms with Crippen molar-refractivity contribution in [1.82, 2.24) is 15.0 Å². The van der Waals surface area contributed by atoms with Crippen molar-refractivity contribution in [1.29, 1.82) is 0 Å². The summed E-state index contributed by atoms with van der Waals surface area (Å²) in [4.78, 5) is 15.7. The van der Waals surface area contributed by atoms with E-state index in [1.807, 2.05) is 32.3 Å². The lowest BCUT2D eigenvalue weighted by molar-refractivity contribution is 0.898. The van der Waals surface area contributed by atoms with Crippen molar-refractivity contribution < 1.29 is 0 Å². The summed E-state index contributed by atoms with van der Waals surface area (Å²) in [5, 5.41) is 0. The Bertz CT molecular complexity index is 564. The van der Waals surface area contributed by atoms with Gasteiger partial charge < -0.3 is 4.90 Å². The molecule has 0 aliphatic heterocycles. The summed E-state index contributed by atoms with van der Waals surface area (Å²) < 4.78 is 0. The van der Waals surface area contributed by atoms with Crippen LogP contribution in [0.1, 0.15) is 17.7 Å². The number of pyridine rings is 1. The van der Waals surface area contributed by atoms with Crippen LogP contribution in [0.4, 0.5) is 5.82 Å². The summed E-state index contributed by atoms with van der Waals surface area (Å²) >= 11 is 0. The maximum atomic E-state index is 4.67. The highest BCUT2D eigenvalue weighted by molar-refractivity contribution is 5.58. The molecular formula is C14H16N4. The number of aromatic nitrogens is 3. The van der Waals surface area contributed by atoms with Gasteiger partial charge in [-0.05, 0) is 31.4 Å². The van der Waals surface area contributed by atoms with Crippen LogP contribution < -0.4 is 4.90 Å². The van der Waals surface area contributed by atoms with E-state index < -0.39 is 0 Å². The van der Waals surface area contributed by atoms with E-state index in [9.17, 15) is 0 Å². The van der Waals surface area contributed by atoms with Crippen LogP contribution in [-0.4, -0.2) is 29.0 Å². The maximum Gasteiger partial charge on any atom is 0.180 e. The maximum absolute atomic E-state index is 4.67. The van der Waals surface area contributed by atoms with Crippen LogP contribution >= 0.6 is 0 Å². The van der Waals surface area contributed by atoms with E-state index in [0.717, 1.165) is 30.2 Å². The standard InChI is InChI=1S/C14H16N4/c1-18(2)14-10-6-5-8-11(10)16-13(17-14)12-7-3-4-9-15-12/h3-4,7,9H,5-6,8H2,1-2H3. The number of hydrogen-bond donors (Lipinski definition) is 0. The summed E-state index contributed by atoms with van der Waals surface area (Å²) in [6.07, 6.45) is 5.10. The van der Waals surface area contributed by atoms with E-state index in [0.29, 0.717) is 0 Å². The highest BCUT2D eigenvalue weighted by Crippen LogP contribution is 2.29. The van der Waals surface area contributed by atoms with Gasteiger partial charge in [0.15, 0.2) is 5.82 Å². The van der Waals surface area contributed by atoms with E-state index >= 15 is 0 Å². The molecule has 2 aromatic rings. The molecule has 4 nitrogen and oxygen atoms in total. The molecule has 0 atom stereocenters. The molecule has 1 aliphatic carbocycles. The molecule has 18 heavy (non-hydrogen) atoms. The Balaban J connectivity index is 2.15. The Hall–Kier alpha value is -1.97. The predicted molar refractivity (Wildman–Crippen MR) is 71.6 cm³/mol. The molecule has 0 fully saturated rings. The molecule has 4 heteroatoms. The van der Waals surface area contributed by atoms with Crippen molar-refractivity contribution in [3.05, 3.63) is 35.7 Å². The van der Waals surface area contributed by atoms with Gasteiger partial charge in [-0.15, -0.1) is 0 Å². The van der Waals surface area contributed by atoms with Gasteiger partial charge in [0, 0.05) is 31.5 Å². The smallest absolute Gasteiger partial charge is 0.180 e. The predicted octanol–water partition coefficient (Wildman–Crippen LogP) is 2.09. The zero-order valence-electron chi connectivity index (χ0n) is 10.7. The van der Waals surface area contributed by atoms with Gasteiger partial charge in [-0.25, -0.2) is 9.97 Å². The number of nitrogens with zero attached hydrogens (tertiary/aromatic N) is 4. The molecule has 2 heterocycles. The fraction of sp³-hybridized carbons (Fsp3) is 0.357. The van der Waals surface area contributed by atoms with Crippen LogP contribution in [0.3, 0.4) is 0 Å². The van der Waals surface area contributed by atoms with E-state index in [4.69, 9.17) is 0 Å². The number of hydrogen-bond acceptors (Lipinski definition) is 4. The van der Waals surface area contributed by atoms with Crippen LogP contribution in [0.15, 0.2) is 24.4 Å².